The van der Waals surface area contributed by atoms with E-state index in [1.54, 1.807) is 6.07 Å². The van der Waals surface area contributed by atoms with Gasteiger partial charge in [-0.1, -0.05) is 17.7 Å². The first-order chi connectivity index (χ1) is 8.80. The lowest BCUT2D eigenvalue weighted by molar-refractivity contribution is -0.137. The van der Waals surface area contributed by atoms with Gasteiger partial charge in [-0.05, 0) is 12.1 Å². The Bertz CT molecular complexity index is 637. The Morgan fingerprint density at radius 3 is 2.68 bits per heavy atom. The average molecular weight is 303 g/mol. The molecule has 0 saturated heterocycles. The third-order valence-corrected chi connectivity index (χ3v) is 4.63. The molecule has 19 heavy (non-hydrogen) atoms. The van der Waals surface area contributed by atoms with Crippen LogP contribution in [0.2, 0.25) is 5.02 Å². The van der Waals surface area contributed by atoms with Gasteiger partial charge in [0.05, 0.1) is 17.0 Å². The fraction of sp³-hybridized carbons (Fsp3) is 0.273. The normalized spacial score (nSPS) is 11.3. The fourth-order valence-electron chi connectivity index (χ4n) is 1.37. The summed E-state index contributed by atoms with van der Waals surface area (Å²) in [5, 5.41) is 17.5. The quantitative estimate of drug-likeness (QED) is 0.884. The molecule has 8 heteroatoms. The molecule has 0 saturated carbocycles. The van der Waals surface area contributed by atoms with E-state index >= 15 is 0 Å². The molecule has 0 unspecified atom stereocenters. The first-order valence-electron chi connectivity index (χ1n) is 5.17. The molecule has 0 radical (unpaired) electrons. The first kappa shape index (κ1) is 15.4. The maximum atomic E-state index is 12.2. The van der Waals surface area contributed by atoms with Gasteiger partial charge in [0, 0.05) is 13.6 Å². The van der Waals surface area contributed by atoms with E-state index in [9.17, 15) is 13.2 Å². The van der Waals surface area contributed by atoms with E-state index in [4.69, 9.17) is 22.0 Å². The van der Waals surface area contributed by atoms with Gasteiger partial charge < -0.3 is 5.11 Å². The lowest BCUT2D eigenvalue weighted by Gasteiger charge is -2.17. The summed E-state index contributed by atoms with van der Waals surface area (Å²) in [6.45, 7) is -0.185. The number of rotatable bonds is 5. The van der Waals surface area contributed by atoms with E-state index in [1.165, 1.54) is 25.2 Å². The average Bonchev–Trinajstić information content (AvgIpc) is 2.35. The highest BCUT2D eigenvalue weighted by Crippen LogP contribution is 2.25. The minimum absolute atomic E-state index is 0.0372. The van der Waals surface area contributed by atoms with Crippen molar-refractivity contribution in [1.82, 2.24) is 4.31 Å². The van der Waals surface area contributed by atoms with E-state index in [0.717, 1.165) is 4.31 Å². The van der Waals surface area contributed by atoms with E-state index in [-0.39, 0.29) is 28.4 Å². The highest BCUT2D eigenvalue weighted by atomic mass is 35.5. The molecule has 0 aromatic heterocycles. The summed E-state index contributed by atoms with van der Waals surface area (Å²) in [4.78, 5) is 10.2. The third kappa shape index (κ3) is 3.44. The van der Waals surface area contributed by atoms with Gasteiger partial charge in [-0.25, -0.2) is 12.7 Å². The van der Waals surface area contributed by atoms with Crippen LogP contribution < -0.4 is 0 Å². The summed E-state index contributed by atoms with van der Waals surface area (Å²) in [7, 11) is -2.69. The molecule has 6 nitrogen and oxygen atoms in total. The van der Waals surface area contributed by atoms with Crippen LogP contribution in [0.5, 0.6) is 0 Å². The van der Waals surface area contributed by atoms with Crippen molar-refractivity contribution >= 4 is 27.6 Å². The number of hydrogen-bond acceptors (Lipinski definition) is 4. The van der Waals surface area contributed by atoms with Crippen LogP contribution in [-0.4, -0.2) is 37.4 Å². The van der Waals surface area contributed by atoms with Gasteiger partial charge in [-0.2, -0.15) is 5.26 Å². The summed E-state index contributed by atoms with van der Waals surface area (Å²) >= 11 is 5.77. The molecule has 0 aliphatic heterocycles. The Morgan fingerprint density at radius 2 is 2.16 bits per heavy atom. The molecule has 0 aliphatic rings. The van der Waals surface area contributed by atoms with Crippen LogP contribution in [0.1, 0.15) is 12.0 Å². The van der Waals surface area contributed by atoms with Crippen molar-refractivity contribution in [2.45, 2.75) is 11.3 Å². The van der Waals surface area contributed by atoms with Crippen molar-refractivity contribution in [3.63, 3.8) is 0 Å². The molecule has 1 N–H and O–H groups in total. The molecule has 0 spiro atoms. The molecule has 0 fully saturated rings. The summed E-state index contributed by atoms with van der Waals surface area (Å²) in [6.07, 6.45) is -0.321. The predicted molar refractivity (Wildman–Crippen MR) is 68.2 cm³/mol. The van der Waals surface area contributed by atoms with Gasteiger partial charge in [0.1, 0.15) is 11.0 Å². The van der Waals surface area contributed by atoms with E-state index in [0.29, 0.717) is 0 Å². The molecule has 0 bridgehead atoms. The highest BCUT2D eigenvalue weighted by molar-refractivity contribution is 7.89. The highest BCUT2D eigenvalue weighted by Gasteiger charge is 2.25. The smallest absolute Gasteiger partial charge is 0.304 e. The zero-order valence-corrected chi connectivity index (χ0v) is 11.6. The molecule has 1 aromatic carbocycles. The number of aliphatic carboxylic acids is 1. The van der Waals surface area contributed by atoms with Crippen molar-refractivity contribution < 1.29 is 18.3 Å². The second-order valence-corrected chi connectivity index (χ2v) is 6.12. The Hall–Kier alpha value is -1.62. The third-order valence-electron chi connectivity index (χ3n) is 2.42. The van der Waals surface area contributed by atoms with Gasteiger partial charge in [0.15, 0.2) is 0 Å². The van der Waals surface area contributed by atoms with Gasteiger partial charge in [-0.15, -0.1) is 0 Å². The van der Waals surface area contributed by atoms with Crippen molar-refractivity contribution in [1.29, 1.82) is 5.26 Å². The number of carboxylic acid groups (broad SMARTS) is 1. The molecule has 0 atom stereocenters. The second-order valence-electron chi connectivity index (χ2n) is 3.70. The van der Waals surface area contributed by atoms with Crippen LogP contribution in [-0.2, 0) is 14.8 Å². The van der Waals surface area contributed by atoms with Gasteiger partial charge in [-0.3, -0.25) is 4.79 Å². The largest absolute Gasteiger partial charge is 0.481 e. The van der Waals surface area contributed by atoms with Gasteiger partial charge in [0.2, 0.25) is 10.0 Å². The molecule has 102 valence electrons. The SMILES string of the molecule is CN(CCC(=O)O)S(=O)(=O)c1cccc(Cl)c1C#N. The molecule has 0 amide bonds. The van der Waals surface area contributed by atoms with Crippen LogP contribution >= 0.6 is 11.6 Å². The zero-order chi connectivity index (χ0) is 14.6. The van der Waals surface area contributed by atoms with Crippen LogP contribution in [0.4, 0.5) is 0 Å². The Balaban J connectivity index is 3.18. The van der Waals surface area contributed by atoms with Crippen LogP contribution in [0.25, 0.3) is 0 Å². The number of carbonyl (C=O) groups is 1. The number of sulfonamides is 1. The molecule has 1 aromatic rings. The van der Waals surface area contributed by atoms with Crippen LogP contribution in [0.15, 0.2) is 23.1 Å². The molecular weight excluding hydrogens is 292 g/mol. The minimum Gasteiger partial charge on any atom is -0.481 e. The molecule has 0 heterocycles. The summed E-state index contributed by atoms with van der Waals surface area (Å²) in [5.74, 6) is -1.10. The van der Waals surface area contributed by atoms with E-state index in [2.05, 4.69) is 0 Å². The Labute approximate surface area is 115 Å². The van der Waals surface area contributed by atoms with Crippen LogP contribution in [0, 0.1) is 11.3 Å². The molecule has 1 rings (SSSR count). The van der Waals surface area contributed by atoms with Crippen LogP contribution in [0.3, 0.4) is 0 Å². The second kappa shape index (κ2) is 6.02. The van der Waals surface area contributed by atoms with Crippen molar-refractivity contribution in [2.75, 3.05) is 13.6 Å². The number of nitrogens with zero attached hydrogens (tertiary/aromatic N) is 2. The first-order valence-corrected chi connectivity index (χ1v) is 6.99. The lowest BCUT2D eigenvalue weighted by atomic mass is 10.2. The summed E-state index contributed by atoms with van der Waals surface area (Å²) in [6, 6.07) is 5.83. The number of halogens is 1. The number of carboxylic acids is 1. The van der Waals surface area contributed by atoms with Crippen molar-refractivity contribution in [3.05, 3.63) is 28.8 Å². The molecular formula is C11H11ClN2O4S. The maximum Gasteiger partial charge on any atom is 0.304 e. The maximum absolute atomic E-state index is 12.2. The monoisotopic (exact) mass is 302 g/mol. The van der Waals surface area contributed by atoms with E-state index in [1.807, 2.05) is 0 Å². The number of nitriles is 1. The Kier molecular flexibility index (Phi) is 4.89. The van der Waals surface area contributed by atoms with Gasteiger partial charge in [0.25, 0.3) is 0 Å². The lowest BCUT2D eigenvalue weighted by Crippen LogP contribution is -2.29. The summed E-state index contributed by atoms with van der Waals surface area (Å²) < 4.78 is 25.3. The number of hydrogen-bond donors (Lipinski definition) is 1. The zero-order valence-electron chi connectivity index (χ0n) is 10.00. The predicted octanol–water partition coefficient (Wildman–Crippen LogP) is 1.31. The molecule has 0 aliphatic carbocycles. The van der Waals surface area contributed by atoms with Crippen molar-refractivity contribution in [3.8, 4) is 6.07 Å². The summed E-state index contributed by atoms with van der Waals surface area (Å²) in [5.41, 5.74) is -0.147. The van der Waals surface area contributed by atoms with Crippen molar-refractivity contribution in [2.24, 2.45) is 0 Å². The standard InChI is InChI=1S/C11H11ClN2O4S/c1-14(6-5-11(15)16)19(17,18)10-4-2-3-9(12)8(10)7-13/h2-4H,5-6H2,1H3,(H,15,16). The van der Waals surface area contributed by atoms with E-state index < -0.39 is 16.0 Å². The minimum atomic E-state index is -3.94. The number of benzene rings is 1. The van der Waals surface area contributed by atoms with Gasteiger partial charge >= 0.3 is 5.97 Å². The topological polar surface area (TPSA) is 98.5 Å². The fourth-order valence-corrected chi connectivity index (χ4v) is 2.97. The Morgan fingerprint density at radius 1 is 1.53 bits per heavy atom.